The van der Waals surface area contributed by atoms with E-state index in [-0.39, 0.29) is 6.04 Å². The lowest BCUT2D eigenvalue weighted by Crippen LogP contribution is -2.43. The number of nitrogens with two attached hydrogens (primary N) is 1. The van der Waals surface area contributed by atoms with Gasteiger partial charge in [0, 0.05) is 25.0 Å². The van der Waals surface area contributed by atoms with E-state index in [1.807, 2.05) is 0 Å². The van der Waals surface area contributed by atoms with Crippen LogP contribution in [0, 0.1) is 5.41 Å². The van der Waals surface area contributed by atoms with Crippen molar-refractivity contribution in [1.29, 1.82) is 0 Å². The fourth-order valence-corrected chi connectivity index (χ4v) is 3.59. The lowest BCUT2D eigenvalue weighted by Gasteiger charge is -2.29. The van der Waals surface area contributed by atoms with Gasteiger partial charge in [0.25, 0.3) is 0 Å². The van der Waals surface area contributed by atoms with Gasteiger partial charge in [-0.2, -0.15) is 4.98 Å². The maximum atomic E-state index is 6.03. The average Bonchev–Trinajstić information content (AvgIpc) is 2.95. The maximum absolute atomic E-state index is 6.03. The van der Waals surface area contributed by atoms with Gasteiger partial charge in [0.05, 0.1) is 0 Å². The monoisotopic (exact) mass is 263 g/mol. The molecule has 3 N–H and O–H groups in total. The molecule has 5 heteroatoms. The molecular formula is C14H25N5. The molecule has 0 radical (unpaired) electrons. The second kappa shape index (κ2) is 4.78. The van der Waals surface area contributed by atoms with Crippen LogP contribution in [0.25, 0.3) is 0 Å². The Morgan fingerprint density at radius 2 is 2.16 bits per heavy atom. The van der Waals surface area contributed by atoms with Crippen molar-refractivity contribution in [2.45, 2.75) is 57.9 Å². The molecule has 0 amide bonds. The van der Waals surface area contributed by atoms with Crippen LogP contribution < -0.4 is 10.6 Å². The SMILES string of the molecule is CC1(C)CCCC1c1nc(N2CCCC(N)C2)n[nH]1. The van der Waals surface area contributed by atoms with Crippen LogP contribution in [0.15, 0.2) is 0 Å². The van der Waals surface area contributed by atoms with Crippen molar-refractivity contribution >= 4 is 5.95 Å². The van der Waals surface area contributed by atoms with Crippen LogP contribution in [0.2, 0.25) is 0 Å². The Labute approximate surface area is 115 Å². The van der Waals surface area contributed by atoms with E-state index in [9.17, 15) is 0 Å². The first kappa shape index (κ1) is 12.9. The Bertz CT molecular complexity index is 439. The third-order valence-corrected chi connectivity index (χ3v) is 4.82. The molecule has 2 atom stereocenters. The van der Waals surface area contributed by atoms with E-state index in [0.29, 0.717) is 11.3 Å². The molecule has 3 rings (SSSR count). The van der Waals surface area contributed by atoms with Gasteiger partial charge in [-0.25, -0.2) is 0 Å². The molecule has 106 valence electrons. The minimum absolute atomic E-state index is 0.263. The summed E-state index contributed by atoms with van der Waals surface area (Å²) in [5.41, 5.74) is 6.37. The van der Waals surface area contributed by atoms with Crippen LogP contribution >= 0.6 is 0 Å². The summed E-state index contributed by atoms with van der Waals surface area (Å²) in [5.74, 6) is 2.43. The van der Waals surface area contributed by atoms with Crippen molar-refractivity contribution in [2.24, 2.45) is 11.1 Å². The predicted molar refractivity (Wildman–Crippen MR) is 76.2 cm³/mol. The first-order chi connectivity index (χ1) is 9.06. The number of aromatic nitrogens is 3. The smallest absolute Gasteiger partial charge is 0.244 e. The molecule has 1 aliphatic heterocycles. The zero-order chi connectivity index (χ0) is 13.5. The maximum Gasteiger partial charge on any atom is 0.244 e. The number of nitrogens with zero attached hydrogens (tertiary/aromatic N) is 3. The molecule has 2 fully saturated rings. The van der Waals surface area contributed by atoms with Crippen LogP contribution in [0.5, 0.6) is 0 Å². The lowest BCUT2D eigenvalue weighted by molar-refractivity contribution is 0.322. The molecule has 5 nitrogen and oxygen atoms in total. The van der Waals surface area contributed by atoms with Crippen molar-refractivity contribution in [2.75, 3.05) is 18.0 Å². The summed E-state index contributed by atoms with van der Waals surface area (Å²) in [6.45, 7) is 6.58. The second-order valence-corrected chi connectivity index (χ2v) is 6.80. The van der Waals surface area contributed by atoms with Crippen molar-refractivity contribution in [3.63, 3.8) is 0 Å². The number of piperidine rings is 1. The molecule has 1 aliphatic carbocycles. The normalized spacial score (nSPS) is 30.8. The zero-order valence-electron chi connectivity index (χ0n) is 12.0. The van der Waals surface area contributed by atoms with Gasteiger partial charge < -0.3 is 10.6 Å². The first-order valence-corrected chi connectivity index (χ1v) is 7.49. The number of H-pyrrole nitrogens is 1. The van der Waals surface area contributed by atoms with Gasteiger partial charge in [-0.3, -0.25) is 5.10 Å². The van der Waals surface area contributed by atoms with Crippen LogP contribution in [-0.4, -0.2) is 34.3 Å². The summed E-state index contributed by atoms with van der Waals surface area (Å²) in [4.78, 5) is 6.97. The molecule has 0 aromatic carbocycles. The lowest BCUT2D eigenvalue weighted by atomic mass is 9.81. The number of aromatic amines is 1. The van der Waals surface area contributed by atoms with E-state index in [1.54, 1.807) is 0 Å². The van der Waals surface area contributed by atoms with E-state index in [2.05, 4.69) is 28.9 Å². The molecule has 1 saturated carbocycles. The molecule has 0 bridgehead atoms. The molecule has 0 spiro atoms. The highest BCUT2D eigenvalue weighted by atomic mass is 15.4. The molecule has 1 aromatic rings. The van der Waals surface area contributed by atoms with Gasteiger partial charge in [-0.15, -0.1) is 5.10 Å². The Morgan fingerprint density at radius 3 is 2.84 bits per heavy atom. The van der Waals surface area contributed by atoms with Gasteiger partial charge in [0.2, 0.25) is 5.95 Å². The quantitative estimate of drug-likeness (QED) is 0.856. The Balaban J connectivity index is 1.76. The molecule has 2 heterocycles. The van der Waals surface area contributed by atoms with E-state index >= 15 is 0 Å². The van der Waals surface area contributed by atoms with Gasteiger partial charge in [-0.05, 0) is 31.1 Å². The molecule has 1 aromatic heterocycles. The zero-order valence-corrected chi connectivity index (χ0v) is 12.0. The molecule has 2 aliphatic rings. The van der Waals surface area contributed by atoms with Gasteiger partial charge >= 0.3 is 0 Å². The molecular weight excluding hydrogens is 238 g/mol. The molecule has 19 heavy (non-hydrogen) atoms. The minimum Gasteiger partial charge on any atom is -0.338 e. The second-order valence-electron chi connectivity index (χ2n) is 6.80. The number of hydrogen-bond acceptors (Lipinski definition) is 4. The fraction of sp³-hybridized carbons (Fsp3) is 0.857. The average molecular weight is 263 g/mol. The van der Waals surface area contributed by atoms with Crippen molar-refractivity contribution < 1.29 is 0 Å². The van der Waals surface area contributed by atoms with Crippen LogP contribution in [0.1, 0.15) is 57.7 Å². The van der Waals surface area contributed by atoms with Crippen LogP contribution in [0.4, 0.5) is 5.95 Å². The number of nitrogens with one attached hydrogen (secondary N) is 1. The van der Waals surface area contributed by atoms with Gasteiger partial charge in [0.15, 0.2) is 0 Å². The minimum atomic E-state index is 0.263. The summed E-state index contributed by atoms with van der Waals surface area (Å²) in [5, 5.41) is 7.59. The third kappa shape index (κ3) is 2.48. The van der Waals surface area contributed by atoms with Gasteiger partial charge in [-0.1, -0.05) is 20.3 Å². The fourth-order valence-electron chi connectivity index (χ4n) is 3.59. The van der Waals surface area contributed by atoms with E-state index < -0.39 is 0 Å². The summed E-state index contributed by atoms with van der Waals surface area (Å²) >= 11 is 0. The Hall–Kier alpha value is -1.10. The third-order valence-electron chi connectivity index (χ3n) is 4.82. The van der Waals surface area contributed by atoms with Crippen LogP contribution in [-0.2, 0) is 0 Å². The van der Waals surface area contributed by atoms with Crippen molar-refractivity contribution in [3.8, 4) is 0 Å². The molecule has 2 unspecified atom stereocenters. The Morgan fingerprint density at radius 1 is 1.32 bits per heavy atom. The summed E-state index contributed by atoms with van der Waals surface area (Å²) < 4.78 is 0. The van der Waals surface area contributed by atoms with E-state index in [0.717, 1.165) is 37.7 Å². The number of hydrogen-bond donors (Lipinski definition) is 2. The van der Waals surface area contributed by atoms with Crippen molar-refractivity contribution in [3.05, 3.63) is 5.82 Å². The number of anilines is 1. The topological polar surface area (TPSA) is 70.8 Å². The highest BCUT2D eigenvalue weighted by molar-refractivity contribution is 5.31. The highest BCUT2D eigenvalue weighted by Gasteiger charge is 2.37. The van der Waals surface area contributed by atoms with Gasteiger partial charge in [0.1, 0.15) is 5.82 Å². The van der Waals surface area contributed by atoms with E-state index in [1.165, 1.54) is 19.3 Å². The largest absolute Gasteiger partial charge is 0.338 e. The number of rotatable bonds is 2. The standard InChI is InChI=1S/C14H25N5/c1-14(2)7-3-6-11(14)12-16-13(18-17-12)19-8-4-5-10(15)9-19/h10-11H,3-9,15H2,1-2H3,(H,16,17,18). The summed E-state index contributed by atoms with van der Waals surface area (Å²) in [6, 6.07) is 0.263. The van der Waals surface area contributed by atoms with E-state index in [4.69, 9.17) is 10.7 Å². The van der Waals surface area contributed by atoms with Crippen LogP contribution in [0.3, 0.4) is 0 Å². The molecule has 1 saturated heterocycles. The highest BCUT2D eigenvalue weighted by Crippen LogP contribution is 2.47. The summed E-state index contributed by atoms with van der Waals surface area (Å²) in [7, 11) is 0. The first-order valence-electron chi connectivity index (χ1n) is 7.49. The predicted octanol–water partition coefficient (Wildman–Crippen LogP) is 2.03. The summed E-state index contributed by atoms with van der Waals surface area (Å²) in [6.07, 6.45) is 6.05. The Kier molecular flexibility index (Phi) is 3.25. The van der Waals surface area contributed by atoms with Crippen molar-refractivity contribution in [1.82, 2.24) is 15.2 Å².